The smallest absolute Gasteiger partial charge is 0.146 e. The molecule has 15 heavy (non-hydrogen) atoms. The van der Waals surface area contributed by atoms with Gasteiger partial charge in [-0.1, -0.05) is 17.7 Å². The van der Waals surface area contributed by atoms with E-state index in [2.05, 4.69) is 5.10 Å². The predicted octanol–water partition coefficient (Wildman–Crippen LogP) is 2.75. The van der Waals surface area contributed by atoms with Gasteiger partial charge in [0.25, 0.3) is 0 Å². The van der Waals surface area contributed by atoms with Crippen molar-refractivity contribution in [2.45, 2.75) is 0 Å². The number of ether oxygens (including phenoxy) is 1. The minimum atomic E-state index is 0.608. The summed E-state index contributed by atoms with van der Waals surface area (Å²) in [6.07, 6.45) is 1.75. The fourth-order valence-electron chi connectivity index (χ4n) is 1.56. The molecule has 78 valence electrons. The van der Waals surface area contributed by atoms with Gasteiger partial charge >= 0.3 is 0 Å². The number of benzene rings is 1. The molecule has 0 radical (unpaired) electrons. The van der Waals surface area contributed by atoms with E-state index in [4.69, 9.17) is 16.3 Å². The summed E-state index contributed by atoms with van der Waals surface area (Å²) in [5.74, 6) is 0.683. The second-order valence-corrected chi connectivity index (χ2v) is 3.57. The number of hydrogen-bond donors (Lipinski definition) is 0. The molecule has 0 N–H and O–H groups in total. The fourth-order valence-corrected chi connectivity index (χ4v) is 1.81. The van der Waals surface area contributed by atoms with E-state index in [1.54, 1.807) is 24.1 Å². The molecule has 0 aliphatic heterocycles. The first-order valence-electron chi connectivity index (χ1n) is 4.55. The summed E-state index contributed by atoms with van der Waals surface area (Å²) in [7, 11) is 3.50. The van der Waals surface area contributed by atoms with Crippen LogP contribution in [0.15, 0.2) is 30.5 Å². The number of methoxy groups -OCH3 is 1. The molecule has 0 bridgehead atoms. The molecule has 1 aromatic heterocycles. The van der Waals surface area contributed by atoms with Crippen LogP contribution in [0.3, 0.4) is 0 Å². The zero-order valence-electron chi connectivity index (χ0n) is 8.57. The summed E-state index contributed by atoms with van der Waals surface area (Å²) < 4.78 is 7.07. The lowest BCUT2D eigenvalue weighted by Gasteiger charge is -2.09. The number of nitrogens with zero attached hydrogens (tertiary/aromatic N) is 2. The highest BCUT2D eigenvalue weighted by Crippen LogP contribution is 2.35. The first-order valence-corrected chi connectivity index (χ1v) is 4.92. The highest BCUT2D eigenvalue weighted by Gasteiger charge is 2.11. The normalized spacial score (nSPS) is 10.3. The molecule has 0 aliphatic rings. The first-order chi connectivity index (χ1) is 7.24. The maximum absolute atomic E-state index is 6.04. The number of halogens is 1. The third kappa shape index (κ3) is 1.70. The van der Waals surface area contributed by atoms with Crippen molar-refractivity contribution in [3.63, 3.8) is 0 Å². The van der Waals surface area contributed by atoms with Gasteiger partial charge in [0, 0.05) is 18.8 Å². The molecule has 4 heteroatoms. The van der Waals surface area contributed by atoms with Crippen molar-refractivity contribution >= 4 is 11.6 Å². The van der Waals surface area contributed by atoms with Gasteiger partial charge in [-0.25, -0.2) is 0 Å². The maximum atomic E-state index is 6.04. The Hall–Kier alpha value is -1.48. The Morgan fingerprint density at radius 1 is 1.33 bits per heavy atom. The van der Waals surface area contributed by atoms with Crippen LogP contribution in [0.25, 0.3) is 11.3 Å². The van der Waals surface area contributed by atoms with Crippen molar-refractivity contribution in [3.05, 3.63) is 35.5 Å². The minimum absolute atomic E-state index is 0.608. The van der Waals surface area contributed by atoms with Gasteiger partial charge in [-0.05, 0) is 18.2 Å². The summed E-state index contributed by atoms with van der Waals surface area (Å²) in [5.41, 5.74) is 1.93. The van der Waals surface area contributed by atoms with E-state index in [9.17, 15) is 0 Å². The van der Waals surface area contributed by atoms with Crippen LogP contribution < -0.4 is 4.74 Å². The number of hydrogen-bond acceptors (Lipinski definition) is 2. The standard InChI is InChI=1S/C11H11ClN2O/c1-14-10(6-7-13-14)8-4-3-5-9(12)11(8)15-2/h3-7H,1-2H3. The third-order valence-electron chi connectivity index (χ3n) is 2.27. The molecule has 0 atom stereocenters. The molecule has 3 nitrogen and oxygen atoms in total. The van der Waals surface area contributed by atoms with Crippen molar-refractivity contribution < 1.29 is 4.74 Å². The van der Waals surface area contributed by atoms with E-state index in [-0.39, 0.29) is 0 Å². The van der Waals surface area contributed by atoms with Gasteiger partial charge in [-0.15, -0.1) is 0 Å². The van der Waals surface area contributed by atoms with Crippen LogP contribution in [0.2, 0.25) is 5.02 Å². The van der Waals surface area contributed by atoms with E-state index >= 15 is 0 Å². The monoisotopic (exact) mass is 222 g/mol. The van der Waals surface area contributed by atoms with Gasteiger partial charge in [0.15, 0.2) is 0 Å². The Kier molecular flexibility index (Phi) is 2.64. The maximum Gasteiger partial charge on any atom is 0.146 e. The highest BCUT2D eigenvalue weighted by molar-refractivity contribution is 6.32. The summed E-state index contributed by atoms with van der Waals surface area (Å²) in [6.45, 7) is 0. The number of para-hydroxylation sites is 1. The van der Waals surface area contributed by atoms with Crippen molar-refractivity contribution in [1.82, 2.24) is 9.78 Å². The van der Waals surface area contributed by atoms with Crippen LogP contribution in [0, 0.1) is 0 Å². The second-order valence-electron chi connectivity index (χ2n) is 3.16. The van der Waals surface area contributed by atoms with Gasteiger partial charge in [-0.3, -0.25) is 4.68 Å². The molecule has 2 rings (SSSR count). The van der Waals surface area contributed by atoms with Crippen LogP contribution in [-0.4, -0.2) is 16.9 Å². The Morgan fingerprint density at radius 3 is 2.73 bits per heavy atom. The lowest BCUT2D eigenvalue weighted by atomic mass is 10.1. The molecule has 1 aromatic carbocycles. The average Bonchev–Trinajstić information content (AvgIpc) is 2.64. The summed E-state index contributed by atoms with van der Waals surface area (Å²) in [5, 5.41) is 4.72. The van der Waals surface area contributed by atoms with Crippen molar-refractivity contribution in [2.24, 2.45) is 7.05 Å². The Bertz CT molecular complexity index is 479. The van der Waals surface area contributed by atoms with Crippen molar-refractivity contribution in [2.75, 3.05) is 7.11 Å². The lowest BCUT2D eigenvalue weighted by molar-refractivity contribution is 0.416. The lowest BCUT2D eigenvalue weighted by Crippen LogP contribution is -1.96. The number of rotatable bonds is 2. The van der Waals surface area contributed by atoms with E-state index < -0.39 is 0 Å². The van der Waals surface area contributed by atoms with Gasteiger partial charge in [-0.2, -0.15) is 5.10 Å². The van der Waals surface area contributed by atoms with Gasteiger partial charge < -0.3 is 4.74 Å². The van der Waals surface area contributed by atoms with Crippen LogP contribution in [0.1, 0.15) is 0 Å². The van der Waals surface area contributed by atoms with Crippen LogP contribution >= 0.6 is 11.6 Å². The topological polar surface area (TPSA) is 27.1 Å². The van der Waals surface area contributed by atoms with Crippen LogP contribution in [-0.2, 0) is 7.05 Å². The van der Waals surface area contributed by atoms with Crippen molar-refractivity contribution in [1.29, 1.82) is 0 Å². The van der Waals surface area contributed by atoms with E-state index in [1.807, 2.05) is 25.2 Å². The van der Waals surface area contributed by atoms with Gasteiger partial charge in [0.2, 0.25) is 0 Å². The van der Waals surface area contributed by atoms with Crippen LogP contribution in [0.5, 0.6) is 5.75 Å². The van der Waals surface area contributed by atoms with Gasteiger partial charge in [0.05, 0.1) is 17.8 Å². The van der Waals surface area contributed by atoms with E-state index in [1.165, 1.54) is 0 Å². The van der Waals surface area contributed by atoms with E-state index in [0.717, 1.165) is 11.3 Å². The number of aryl methyl sites for hydroxylation is 1. The van der Waals surface area contributed by atoms with Crippen molar-refractivity contribution in [3.8, 4) is 17.0 Å². The Labute approximate surface area is 93.2 Å². The predicted molar refractivity (Wildman–Crippen MR) is 60.2 cm³/mol. The molecule has 0 spiro atoms. The minimum Gasteiger partial charge on any atom is -0.494 e. The van der Waals surface area contributed by atoms with Gasteiger partial charge in [0.1, 0.15) is 5.75 Å². The van der Waals surface area contributed by atoms with E-state index in [0.29, 0.717) is 10.8 Å². The second kappa shape index (κ2) is 3.95. The molecular weight excluding hydrogens is 212 g/mol. The molecular formula is C11H11ClN2O. The summed E-state index contributed by atoms with van der Waals surface area (Å²) in [4.78, 5) is 0. The highest BCUT2D eigenvalue weighted by atomic mass is 35.5. The Morgan fingerprint density at radius 2 is 2.13 bits per heavy atom. The van der Waals surface area contributed by atoms with Crippen LogP contribution in [0.4, 0.5) is 0 Å². The molecule has 0 saturated carbocycles. The molecule has 1 heterocycles. The molecule has 0 unspecified atom stereocenters. The first kappa shape index (κ1) is 10.1. The Balaban J connectivity index is 2.63. The largest absolute Gasteiger partial charge is 0.494 e. The number of aromatic nitrogens is 2. The fraction of sp³-hybridized carbons (Fsp3) is 0.182. The molecule has 0 aliphatic carbocycles. The quantitative estimate of drug-likeness (QED) is 0.781. The SMILES string of the molecule is COc1c(Cl)cccc1-c1ccnn1C. The molecule has 0 saturated heterocycles. The molecule has 2 aromatic rings. The summed E-state index contributed by atoms with van der Waals surface area (Å²) >= 11 is 6.04. The zero-order valence-corrected chi connectivity index (χ0v) is 9.32. The average molecular weight is 223 g/mol. The molecule has 0 fully saturated rings. The zero-order chi connectivity index (χ0) is 10.8. The third-order valence-corrected chi connectivity index (χ3v) is 2.57. The summed E-state index contributed by atoms with van der Waals surface area (Å²) in [6, 6.07) is 7.59. The molecule has 0 amide bonds.